The average molecular weight is 327 g/mol. The number of para-hydroxylation sites is 1. The molecule has 0 fully saturated rings. The summed E-state index contributed by atoms with van der Waals surface area (Å²) < 4.78 is 10.4. The van der Waals surface area contributed by atoms with Crippen LogP contribution in [0.4, 0.5) is 5.69 Å². The van der Waals surface area contributed by atoms with Crippen LogP contribution in [0.1, 0.15) is 29.8 Å². The number of carbonyl (C=O) groups is 2. The van der Waals surface area contributed by atoms with Crippen molar-refractivity contribution in [2.45, 2.75) is 20.3 Å². The maximum absolute atomic E-state index is 12.0. The fourth-order valence-electron chi connectivity index (χ4n) is 2.13. The third-order valence-electron chi connectivity index (χ3n) is 3.39. The molecule has 0 atom stereocenters. The molecule has 0 aliphatic rings. The smallest absolute Gasteiger partial charge is 0.341 e. The second-order valence-corrected chi connectivity index (χ2v) is 5.10. The number of nitrogens with one attached hydrogen (secondary N) is 1. The monoisotopic (exact) mass is 327 g/mol. The van der Waals surface area contributed by atoms with Crippen molar-refractivity contribution in [3.05, 3.63) is 59.7 Å². The fraction of sp³-hybridized carbons (Fsp3) is 0.263. The minimum Gasteiger partial charge on any atom is -0.483 e. The van der Waals surface area contributed by atoms with E-state index in [4.69, 9.17) is 9.47 Å². The predicted octanol–water partition coefficient (Wildman–Crippen LogP) is 3.44. The van der Waals surface area contributed by atoms with Crippen LogP contribution in [0.3, 0.4) is 0 Å². The molecule has 1 N–H and O–H groups in total. The standard InChI is InChI=1S/C19H21NO4/c1-3-14-9-11-15(12-10-14)20-18(21)13-24-17-8-6-5-7-16(17)19(22)23-4-2/h5-12H,3-4,13H2,1-2H3,(H,20,21). The lowest BCUT2D eigenvalue weighted by atomic mass is 10.1. The van der Waals surface area contributed by atoms with Gasteiger partial charge in [0, 0.05) is 5.69 Å². The van der Waals surface area contributed by atoms with E-state index in [2.05, 4.69) is 12.2 Å². The Morgan fingerprint density at radius 2 is 1.71 bits per heavy atom. The first-order valence-corrected chi connectivity index (χ1v) is 7.91. The van der Waals surface area contributed by atoms with Gasteiger partial charge in [0.2, 0.25) is 0 Å². The molecule has 0 spiro atoms. The molecule has 2 aromatic carbocycles. The highest BCUT2D eigenvalue weighted by molar-refractivity contribution is 5.94. The fourth-order valence-corrected chi connectivity index (χ4v) is 2.13. The highest BCUT2D eigenvalue weighted by atomic mass is 16.5. The minimum atomic E-state index is -0.469. The van der Waals surface area contributed by atoms with E-state index < -0.39 is 5.97 Å². The van der Waals surface area contributed by atoms with Crippen LogP contribution < -0.4 is 10.1 Å². The van der Waals surface area contributed by atoms with E-state index >= 15 is 0 Å². The van der Waals surface area contributed by atoms with Crippen LogP contribution in [-0.2, 0) is 16.0 Å². The number of hydrogen-bond donors (Lipinski definition) is 1. The second-order valence-electron chi connectivity index (χ2n) is 5.10. The number of benzene rings is 2. The van der Waals surface area contributed by atoms with Gasteiger partial charge in [-0.3, -0.25) is 4.79 Å². The van der Waals surface area contributed by atoms with Gasteiger partial charge in [-0.05, 0) is 43.2 Å². The third kappa shape index (κ3) is 4.84. The molecule has 5 heteroatoms. The zero-order valence-electron chi connectivity index (χ0n) is 13.9. The zero-order chi connectivity index (χ0) is 17.4. The SMILES string of the molecule is CCOC(=O)c1ccccc1OCC(=O)Nc1ccc(CC)cc1. The second kappa shape index (κ2) is 8.72. The number of esters is 1. The summed E-state index contributed by atoms with van der Waals surface area (Å²) in [6.07, 6.45) is 0.946. The molecule has 0 saturated carbocycles. The molecule has 0 aliphatic carbocycles. The Bertz CT molecular complexity index is 695. The first-order chi connectivity index (χ1) is 11.6. The number of rotatable bonds is 7. The lowest BCUT2D eigenvalue weighted by molar-refractivity contribution is -0.118. The van der Waals surface area contributed by atoms with Gasteiger partial charge in [-0.25, -0.2) is 4.79 Å². The van der Waals surface area contributed by atoms with Crippen LogP contribution in [0.5, 0.6) is 5.75 Å². The lowest BCUT2D eigenvalue weighted by Gasteiger charge is -2.11. The lowest BCUT2D eigenvalue weighted by Crippen LogP contribution is -2.21. The van der Waals surface area contributed by atoms with Gasteiger partial charge in [-0.2, -0.15) is 0 Å². The summed E-state index contributed by atoms with van der Waals surface area (Å²) in [7, 11) is 0. The van der Waals surface area contributed by atoms with Gasteiger partial charge < -0.3 is 14.8 Å². The van der Waals surface area contributed by atoms with Gasteiger partial charge in [-0.15, -0.1) is 0 Å². The van der Waals surface area contributed by atoms with Gasteiger partial charge >= 0.3 is 5.97 Å². The zero-order valence-corrected chi connectivity index (χ0v) is 13.9. The molecular weight excluding hydrogens is 306 g/mol. The molecular formula is C19H21NO4. The van der Waals surface area contributed by atoms with Crippen LogP contribution in [0.25, 0.3) is 0 Å². The van der Waals surface area contributed by atoms with Gasteiger partial charge in [0.15, 0.2) is 6.61 Å². The summed E-state index contributed by atoms with van der Waals surface area (Å²) in [5.41, 5.74) is 2.21. The summed E-state index contributed by atoms with van der Waals surface area (Å²) in [5.74, 6) is -0.436. The minimum absolute atomic E-state index is 0.189. The molecule has 5 nitrogen and oxygen atoms in total. The molecule has 2 rings (SSSR count). The quantitative estimate of drug-likeness (QED) is 0.791. The molecule has 0 radical (unpaired) electrons. The Morgan fingerprint density at radius 1 is 1.00 bits per heavy atom. The molecule has 0 aliphatic heterocycles. The Balaban J connectivity index is 1.95. The van der Waals surface area contributed by atoms with Crippen LogP contribution in [-0.4, -0.2) is 25.1 Å². The molecule has 1 amide bonds. The number of carbonyl (C=O) groups excluding carboxylic acids is 2. The molecule has 126 valence electrons. The van der Waals surface area contributed by atoms with Gasteiger partial charge in [0.05, 0.1) is 6.61 Å². The Kier molecular flexibility index (Phi) is 6.37. The molecule has 24 heavy (non-hydrogen) atoms. The van der Waals surface area contributed by atoms with Crippen molar-refractivity contribution in [3.8, 4) is 5.75 Å². The normalized spacial score (nSPS) is 10.1. The number of amides is 1. The van der Waals surface area contributed by atoms with E-state index in [1.165, 1.54) is 5.56 Å². The van der Waals surface area contributed by atoms with Crippen LogP contribution in [0, 0.1) is 0 Å². The van der Waals surface area contributed by atoms with Crippen LogP contribution >= 0.6 is 0 Å². The Labute approximate surface area is 141 Å². The van der Waals surface area contributed by atoms with Crippen molar-refractivity contribution in [2.75, 3.05) is 18.5 Å². The van der Waals surface area contributed by atoms with E-state index in [9.17, 15) is 9.59 Å². The number of hydrogen-bond acceptors (Lipinski definition) is 4. The van der Waals surface area contributed by atoms with E-state index in [0.29, 0.717) is 17.0 Å². The highest BCUT2D eigenvalue weighted by Gasteiger charge is 2.14. The number of aryl methyl sites for hydroxylation is 1. The average Bonchev–Trinajstić information content (AvgIpc) is 2.61. The molecule has 0 heterocycles. The summed E-state index contributed by atoms with van der Waals surface area (Å²) >= 11 is 0. The maximum atomic E-state index is 12.0. The van der Waals surface area contributed by atoms with E-state index in [1.807, 2.05) is 24.3 Å². The van der Waals surface area contributed by atoms with E-state index in [-0.39, 0.29) is 19.1 Å². The molecule has 0 saturated heterocycles. The van der Waals surface area contributed by atoms with Crippen molar-refractivity contribution in [1.29, 1.82) is 0 Å². The number of anilines is 1. The first-order valence-electron chi connectivity index (χ1n) is 7.91. The van der Waals surface area contributed by atoms with E-state index in [0.717, 1.165) is 6.42 Å². The van der Waals surface area contributed by atoms with Crippen LogP contribution in [0.15, 0.2) is 48.5 Å². The highest BCUT2D eigenvalue weighted by Crippen LogP contribution is 2.19. The topological polar surface area (TPSA) is 64.6 Å². The largest absolute Gasteiger partial charge is 0.483 e. The van der Waals surface area contributed by atoms with Crippen molar-refractivity contribution in [1.82, 2.24) is 0 Å². The van der Waals surface area contributed by atoms with E-state index in [1.54, 1.807) is 31.2 Å². The van der Waals surface area contributed by atoms with Crippen molar-refractivity contribution in [2.24, 2.45) is 0 Å². The van der Waals surface area contributed by atoms with Crippen molar-refractivity contribution >= 4 is 17.6 Å². The van der Waals surface area contributed by atoms with Gasteiger partial charge in [0.25, 0.3) is 5.91 Å². The molecule has 0 bridgehead atoms. The summed E-state index contributed by atoms with van der Waals surface area (Å²) in [6, 6.07) is 14.3. The predicted molar refractivity (Wildman–Crippen MR) is 92.3 cm³/mol. The van der Waals surface area contributed by atoms with Gasteiger partial charge in [-0.1, -0.05) is 31.2 Å². The third-order valence-corrected chi connectivity index (χ3v) is 3.39. The molecule has 2 aromatic rings. The summed E-state index contributed by atoms with van der Waals surface area (Å²) in [5, 5.41) is 2.76. The van der Waals surface area contributed by atoms with Gasteiger partial charge in [0.1, 0.15) is 11.3 Å². The summed E-state index contributed by atoms with van der Waals surface area (Å²) in [4.78, 5) is 23.9. The van der Waals surface area contributed by atoms with Crippen molar-refractivity contribution < 1.29 is 19.1 Å². The van der Waals surface area contributed by atoms with Crippen LogP contribution in [0.2, 0.25) is 0 Å². The Morgan fingerprint density at radius 3 is 2.38 bits per heavy atom. The van der Waals surface area contributed by atoms with Crippen molar-refractivity contribution in [3.63, 3.8) is 0 Å². The Hall–Kier alpha value is -2.82. The number of ether oxygens (including phenoxy) is 2. The molecule has 0 unspecified atom stereocenters. The summed E-state index contributed by atoms with van der Waals surface area (Å²) in [6.45, 7) is 3.90. The first kappa shape index (κ1) is 17.5. The maximum Gasteiger partial charge on any atom is 0.341 e. The molecule has 0 aromatic heterocycles.